The van der Waals surface area contributed by atoms with Gasteiger partial charge in [-0.2, -0.15) is 0 Å². The summed E-state index contributed by atoms with van der Waals surface area (Å²) in [6.45, 7) is 9.15. The van der Waals surface area contributed by atoms with Gasteiger partial charge >= 0.3 is 0 Å². The number of hydrogen-bond donors (Lipinski definition) is 1. The zero-order valence-electron chi connectivity index (χ0n) is 12.1. The van der Waals surface area contributed by atoms with Crippen LogP contribution in [-0.2, 0) is 6.54 Å². The van der Waals surface area contributed by atoms with Crippen LogP contribution in [0.4, 0.5) is 0 Å². The Morgan fingerprint density at radius 3 is 2.53 bits per heavy atom. The van der Waals surface area contributed by atoms with Gasteiger partial charge in [0.15, 0.2) is 5.82 Å². The molecule has 0 radical (unpaired) electrons. The highest BCUT2D eigenvalue weighted by Gasteiger charge is 2.07. The van der Waals surface area contributed by atoms with Gasteiger partial charge in [-0.25, -0.2) is 9.97 Å². The first kappa shape index (κ1) is 13.7. The first-order chi connectivity index (χ1) is 9.06. The van der Waals surface area contributed by atoms with Crippen LogP contribution in [0, 0.1) is 13.8 Å². The largest absolute Gasteiger partial charge is 0.309 e. The lowest BCUT2D eigenvalue weighted by molar-refractivity contribution is 0.580. The quantitative estimate of drug-likeness (QED) is 0.911. The minimum absolute atomic E-state index is 0.456. The van der Waals surface area contributed by atoms with Gasteiger partial charge in [0.25, 0.3) is 0 Å². The fourth-order valence-electron chi connectivity index (χ4n) is 1.98. The molecular weight excluding hydrogens is 234 g/mol. The summed E-state index contributed by atoms with van der Waals surface area (Å²) < 4.78 is 0. The van der Waals surface area contributed by atoms with Crippen molar-refractivity contribution in [3.05, 3.63) is 47.3 Å². The van der Waals surface area contributed by atoms with Crippen LogP contribution in [0.3, 0.4) is 0 Å². The molecule has 0 aliphatic heterocycles. The Bertz CT molecular complexity index is 562. The molecule has 0 saturated carbocycles. The molecule has 1 heterocycles. The van der Waals surface area contributed by atoms with Gasteiger partial charge in [0.05, 0.1) is 5.69 Å². The van der Waals surface area contributed by atoms with E-state index in [9.17, 15) is 0 Å². The SMILES string of the molecule is Cc1cc(CNC(C)C)nc(-c2ccccc2C)n1. The standard InChI is InChI=1S/C16H21N3/c1-11(2)17-10-14-9-13(4)18-16(19-14)15-8-6-5-7-12(15)3/h5-9,11,17H,10H2,1-4H3. The summed E-state index contributed by atoms with van der Waals surface area (Å²) in [5, 5.41) is 3.39. The Balaban J connectivity index is 2.34. The summed E-state index contributed by atoms with van der Waals surface area (Å²) in [6.07, 6.45) is 0. The van der Waals surface area contributed by atoms with Crippen LogP contribution in [0.15, 0.2) is 30.3 Å². The molecule has 0 aliphatic rings. The Morgan fingerprint density at radius 2 is 1.84 bits per heavy atom. The molecule has 0 aliphatic carbocycles. The van der Waals surface area contributed by atoms with Gasteiger partial charge in [-0.1, -0.05) is 38.1 Å². The summed E-state index contributed by atoms with van der Waals surface area (Å²) in [6, 6.07) is 10.7. The summed E-state index contributed by atoms with van der Waals surface area (Å²) in [7, 11) is 0. The fraction of sp³-hybridized carbons (Fsp3) is 0.375. The van der Waals surface area contributed by atoms with Crippen LogP contribution >= 0.6 is 0 Å². The van der Waals surface area contributed by atoms with E-state index >= 15 is 0 Å². The number of rotatable bonds is 4. The van der Waals surface area contributed by atoms with E-state index in [4.69, 9.17) is 0 Å². The second-order valence-electron chi connectivity index (χ2n) is 5.17. The van der Waals surface area contributed by atoms with E-state index < -0.39 is 0 Å². The van der Waals surface area contributed by atoms with Gasteiger partial charge in [0, 0.05) is 23.8 Å². The normalized spacial score (nSPS) is 11.0. The number of aromatic nitrogens is 2. The van der Waals surface area contributed by atoms with E-state index in [1.54, 1.807) is 0 Å². The van der Waals surface area contributed by atoms with Crippen LogP contribution in [-0.4, -0.2) is 16.0 Å². The van der Waals surface area contributed by atoms with Crippen molar-refractivity contribution in [1.29, 1.82) is 0 Å². The Hall–Kier alpha value is -1.74. The number of nitrogens with zero attached hydrogens (tertiary/aromatic N) is 2. The third kappa shape index (κ3) is 3.61. The van der Waals surface area contributed by atoms with Gasteiger partial charge in [-0.15, -0.1) is 0 Å². The van der Waals surface area contributed by atoms with Crippen LogP contribution in [0.25, 0.3) is 11.4 Å². The van der Waals surface area contributed by atoms with Crippen molar-refractivity contribution in [1.82, 2.24) is 15.3 Å². The molecule has 0 atom stereocenters. The molecule has 100 valence electrons. The molecule has 1 aromatic carbocycles. The maximum atomic E-state index is 4.66. The molecule has 0 spiro atoms. The van der Waals surface area contributed by atoms with E-state index in [2.05, 4.69) is 48.2 Å². The highest BCUT2D eigenvalue weighted by Crippen LogP contribution is 2.19. The Morgan fingerprint density at radius 1 is 1.11 bits per heavy atom. The van der Waals surface area contributed by atoms with Crippen molar-refractivity contribution < 1.29 is 0 Å². The van der Waals surface area contributed by atoms with E-state index in [0.717, 1.165) is 29.3 Å². The van der Waals surface area contributed by atoms with Crippen LogP contribution < -0.4 is 5.32 Å². The average molecular weight is 255 g/mol. The zero-order valence-corrected chi connectivity index (χ0v) is 12.1. The smallest absolute Gasteiger partial charge is 0.159 e. The molecule has 3 heteroatoms. The molecule has 1 N–H and O–H groups in total. The lowest BCUT2D eigenvalue weighted by atomic mass is 10.1. The van der Waals surface area contributed by atoms with Crippen LogP contribution in [0.5, 0.6) is 0 Å². The Labute approximate surface area is 115 Å². The van der Waals surface area contributed by atoms with Crippen molar-refractivity contribution in [2.45, 2.75) is 40.3 Å². The number of aryl methyl sites for hydroxylation is 2. The maximum absolute atomic E-state index is 4.66. The molecular formula is C16H21N3. The van der Waals surface area contributed by atoms with Gasteiger partial charge in [-0.3, -0.25) is 0 Å². The van der Waals surface area contributed by atoms with Crippen LogP contribution in [0.2, 0.25) is 0 Å². The molecule has 2 rings (SSSR count). The second kappa shape index (κ2) is 5.93. The highest BCUT2D eigenvalue weighted by molar-refractivity contribution is 5.59. The van der Waals surface area contributed by atoms with Gasteiger partial charge in [0.2, 0.25) is 0 Å². The molecule has 2 aromatic rings. The average Bonchev–Trinajstić information content (AvgIpc) is 2.36. The lowest BCUT2D eigenvalue weighted by Crippen LogP contribution is -2.22. The fourth-order valence-corrected chi connectivity index (χ4v) is 1.98. The molecule has 0 amide bonds. The minimum atomic E-state index is 0.456. The maximum Gasteiger partial charge on any atom is 0.159 e. The molecule has 3 nitrogen and oxygen atoms in total. The summed E-state index contributed by atoms with van der Waals surface area (Å²) >= 11 is 0. The first-order valence-electron chi connectivity index (χ1n) is 6.70. The molecule has 19 heavy (non-hydrogen) atoms. The summed E-state index contributed by atoms with van der Waals surface area (Å²) in [5.74, 6) is 0.818. The summed E-state index contributed by atoms with van der Waals surface area (Å²) in [4.78, 5) is 9.22. The van der Waals surface area contributed by atoms with E-state index in [-0.39, 0.29) is 0 Å². The molecule has 0 fully saturated rings. The summed E-state index contributed by atoms with van der Waals surface area (Å²) in [5.41, 5.74) is 4.36. The zero-order chi connectivity index (χ0) is 13.8. The van der Waals surface area contributed by atoms with Crippen molar-refractivity contribution in [2.75, 3.05) is 0 Å². The van der Waals surface area contributed by atoms with Crippen molar-refractivity contribution in [3.8, 4) is 11.4 Å². The number of benzene rings is 1. The predicted octanol–water partition coefficient (Wildman–Crippen LogP) is 3.26. The molecule has 0 saturated heterocycles. The molecule has 1 aromatic heterocycles. The minimum Gasteiger partial charge on any atom is -0.309 e. The predicted molar refractivity (Wildman–Crippen MR) is 78.9 cm³/mol. The first-order valence-corrected chi connectivity index (χ1v) is 6.70. The highest BCUT2D eigenvalue weighted by atomic mass is 14.9. The molecule has 0 bridgehead atoms. The van der Waals surface area contributed by atoms with Crippen molar-refractivity contribution in [3.63, 3.8) is 0 Å². The third-order valence-corrected chi connectivity index (χ3v) is 2.98. The van der Waals surface area contributed by atoms with E-state index in [1.165, 1.54) is 5.56 Å². The monoisotopic (exact) mass is 255 g/mol. The van der Waals surface area contributed by atoms with E-state index in [1.807, 2.05) is 25.1 Å². The number of nitrogens with one attached hydrogen (secondary N) is 1. The Kier molecular flexibility index (Phi) is 4.27. The topological polar surface area (TPSA) is 37.8 Å². The molecule has 0 unspecified atom stereocenters. The second-order valence-corrected chi connectivity index (χ2v) is 5.17. The van der Waals surface area contributed by atoms with Gasteiger partial charge < -0.3 is 5.32 Å². The van der Waals surface area contributed by atoms with Crippen LogP contribution in [0.1, 0.15) is 30.8 Å². The lowest BCUT2D eigenvalue weighted by Gasteiger charge is -2.10. The van der Waals surface area contributed by atoms with Crippen molar-refractivity contribution >= 4 is 0 Å². The van der Waals surface area contributed by atoms with Crippen molar-refractivity contribution in [2.24, 2.45) is 0 Å². The van der Waals surface area contributed by atoms with E-state index in [0.29, 0.717) is 6.04 Å². The third-order valence-electron chi connectivity index (χ3n) is 2.98. The van der Waals surface area contributed by atoms with Gasteiger partial charge in [0.1, 0.15) is 0 Å². The number of hydrogen-bond acceptors (Lipinski definition) is 3. The van der Waals surface area contributed by atoms with Gasteiger partial charge in [-0.05, 0) is 25.5 Å².